The molecular weight excluding hydrogens is 188 g/mol. The van der Waals surface area contributed by atoms with Crippen LogP contribution in [0.1, 0.15) is 32.6 Å². The highest BCUT2D eigenvalue weighted by Gasteiger charge is 2.28. The molecule has 2 fully saturated rings. The van der Waals surface area contributed by atoms with Gasteiger partial charge >= 0.3 is 0 Å². The Morgan fingerprint density at radius 3 is 2.60 bits per heavy atom. The Hall–Kier alpha value is -0.120. The van der Waals surface area contributed by atoms with E-state index < -0.39 is 0 Å². The Labute approximate surface area is 93.1 Å². The van der Waals surface area contributed by atoms with Gasteiger partial charge in [0, 0.05) is 19.1 Å². The molecule has 0 amide bonds. The second-order valence-electron chi connectivity index (χ2n) is 5.15. The fourth-order valence-corrected chi connectivity index (χ4v) is 2.93. The van der Waals surface area contributed by atoms with Gasteiger partial charge in [0.1, 0.15) is 0 Å². The average molecular weight is 212 g/mol. The van der Waals surface area contributed by atoms with Gasteiger partial charge in [-0.05, 0) is 45.8 Å². The lowest BCUT2D eigenvalue weighted by atomic mass is 10.1. The molecule has 0 aromatic heterocycles. The van der Waals surface area contributed by atoms with Crippen LogP contribution in [0.5, 0.6) is 0 Å². The van der Waals surface area contributed by atoms with Crippen molar-refractivity contribution in [3.63, 3.8) is 0 Å². The van der Waals surface area contributed by atoms with Crippen molar-refractivity contribution in [3.05, 3.63) is 0 Å². The van der Waals surface area contributed by atoms with Crippen LogP contribution in [-0.4, -0.2) is 59.8 Å². The minimum atomic E-state index is -0.176. The van der Waals surface area contributed by atoms with E-state index in [0.717, 1.165) is 12.6 Å². The quantitative estimate of drug-likeness (QED) is 0.754. The van der Waals surface area contributed by atoms with Gasteiger partial charge in [0.2, 0.25) is 0 Å². The summed E-state index contributed by atoms with van der Waals surface area (Å²) in [5, 5.41) is 9.35. The zero-order valence-corrected chi connectivity index (χ0v) is 9.86. The normalized spacial score (nSPS) is 32.0. The van der Waals surface area contributed by atoms with E-state index in [0.29, 0.717) is 0 Å². The van der Waals surface area contributed by atoms with E-state index >= 15 is 0 Å². The van der Waals surface area contributed by atoms with Gasteiger partial charge in [-0.25, -0.2) is 0 Å². The van der Waals surface area contributed by atoms with Crippen molar-refractivity contribution in [1.82, 2.24) is 9.80 Å². The lowest BCUT2D eigenvalue weighted by molar-refractivity contribution is 0.125. The van der Waals surface area contributed by atoms with Crippen LogP contribution in [0, 0.1) is 0 Å². The van der Waals surface area contributed by atoms with Crippen LogP contribution in [-0.2, 0) is 0 Å². The van der Waals surface area contributed by atoms with Crippen LogP contribution >= 0.6 is 0 Å². The molecule has 0 aromatic rings. The van der Waals surface area contributed by atoms with Gasteiger partial charge in [0.15, 0.2) is 0 Å². The van der Waals surface area contributed by atoms with Crippen molar-refractivity contribution in [2.75, 3.05) is 32.7 Å². The van der Waals surface area contributed by atoms with Gasteiger partial charge in [-0.3, -0.25) is 9.80 Å². The minimum Gasteiger partial charge on any atom is -0.392 e. The third-order valence-electron chi connectivity index (χ3n) is 3.68. The molecule has 0 saturated carbocycles. The molecule has 1 unspecified atom stereocenters. The highest BCUT2D eigenvalue weighted by Crippen LogP contribution is 2.20. The molecule has 88 valence electrons. The number of β-amino-alcohol motifs (C(OH)–C–C–N with tert-alkyl or cyclic N) is 1. The third kappa shape index (κ3) is 3.16. The Bertz CT molecular complexity index is 190. The zero-order chi connectivity index (χ0) is 10.7. The number of piperidine rings is 1. The van der Waals surface area contributed by atoms with E-state index in [4.69, 9.17) is 0 Å². The molecule has 3 nitrogen and oxygen atoms in total. The topological polar surface area (TPSA) is 26.7 Å². The fourth-order valence-electron chi connectivity index (χ4n) is 2.93. The zero-order valence-electron chi connectivity index (χ0n) is 9.86. The Kier molecular flexibility index (Phi) is 4.00. The Morgan fingerprint density at radius 1 is 1.20 bits per heavy atom. The molecule has 15 heavy (non-hydrogen) atoms. The number of nitrogens with zero attached hydrogens (tertiary/aromatic N) is 2. The number of likely N-dealkylation sites (tertiary alicyclic amines) is 2. The van der Waals surface area contributed by atoms with Crippen LogP contribution in [0.25, 0.3) is 0 Å². The molecule has 0 aliphatic carbocycles. The van der Waals surface area contributed by atoms with Gasteiger partial charge in [0.25, 0.3) is 0 Å². The first-order valence-electron chi connectivity index (χ1n) is 6.40. The van der Waals surface area contributed by atoms with E-state index in [2.05, 4.69) is 9.80 Å². The summed E-state index contributed by atoms with van der Waals surface area (Å²) >= 11 is 0. The standard InChI is InChI=1S/C12H24N2O/c1-11(15)9-13-8-5-12(10-13)14-6-3-2-4-7-14/h11-12,15H,2-10H2,1H3/t11-,12?/m1/s1. The van der Waals surface area contributed by atoms with Crippen LogP contribution in [0.2, 0.25) is 0 Å². The molecule has 2 aliphatic rings. The van der Waals surface area contributed by atoms with Crippen molar-refractivity contribution in [2.24, 2.45) is 0 Å². The number of hydrogen-bond donors (Lipinski definition) is 1. The Morgan fingerprint density at radius 2 is 1.93 bits per heavy atom. The molecule has 2 aliphatic heterocycles. The van der Waals surface area contributed by atoms with E-state index in [-0.39, 0.29) is 6.10 Å². The van der Waals surface area contributed by atoms with Gasteiger partial charge in [0.05, 0.1) is 6.10 Å². The average Bonchev–Trinajstić information content (AvgIpc) is 2.67. The third-order valence-corrected chi connectivity index (χ3v) is 3.68. The number of rotatable bonds is 3. The van der Waals surface area contributed by atoms with Crippen LogP contribution < -0.4 is 0 Å². The van der Waals surface area contributed by atoms with Crippen LogP contribution in [0.4, 0.5) is 0 Å². The van der Waals surface area contributed by atoms with Crippen LogP contribution in [0.15, 0.2) is 0 Å². The number of hydrogen-bond acceptors (Lipinski definition) is 3. The molecule has 0 spiro atoms. The van der Waals surface area contributed by atoms with Gasteiger partial charge in [-0.1, -0.05) is 6.42 Å². The predicted molar refractivity (Wildman–Crippen MR) is 61.9 cm³/mol. The minimum absolute atomic E-state index is 0.176. The molecular formula is C12H24N2O. The first kappa shape index (κ1) is 11.4. The summed E-state index contributed by atoms with van der Waals surface area (Å²) < 4.78 is 0. The molecule has 3 heteroatoms. The lowest BCUT2D eigenvalue weighted by Gasteiger charge is -2.32. The van der Waals surface area contributed by atoms with E-state index in [1.165, 1.54) is 51.9 Å². The summed E-state index contributed by atoms with van der Waals surface area (Å²) in [6, 6.07) is 0.768. The van der Waals surface area contributed by atoms with E-state index in [9.17, 15) is 5.11 Å². The monoisotopic (exact) mass is 212 g/mol. The van der Waals surface area contributed by atoms with Gasteiger partial charge in [-0.15, -0.1) is 0 Å². The second kappa shape index (κ2) is 5.28. The van der Waals surface area contributed by atoms with Crippen molar-refractivity contribution in [2.45, 2.75) is 44.8 Å². The van der Waals surface area contributed by atoms with Crippen LogP contribution in [0.3, 0.4) is 0 Å². The van der Waals surface area contributed by atoms with Gasteiger partial charge < -0.3 is 5.11 Å². The SMILES string of the molecule is C[C@@H](O)CN1CCC(N2CCCCC2)C1. The van der Waals surface area contributed by atoms with Crippen molar-refractivity contribution in [3.8, 4) is 0 Å². The van der Waals surface area contributed by atoms with E-state index in [1.807, 2.05) is 6.92 Å². The molecule has 0 bridgehead atoms. The second-order valence-corrected chi connectivity index (χ2v) is 5.15. The molecule has 0 radical (unpaired) electrons. The summed E-state index contributed by atoms with van der Waals surface area (Å²) in [6.07, 6.45) is 5.30. The Balaban J connectivity index is 1.76. The van der Waals surface area contributed by atoms with E-state index in [1.54, 1.807) is 0 Å². The molecule has 1 N–H and O–H groups in total. The molecule has 2 heterocycles. The summed E-state index contributed by atoms with van der Waals surface area (Å²) in [6.45, 7) is 7.68. The lowest BCUT2D eigenvalue weighted by Crippen LogP contribution is -2.41. The maximum atomic E-state index is 9.35. The van der Waals surface area contributed by atoms with Crippen molar-refractivity contribution in [1.29, 1.82) is 0 Å². The molecule has 2 rings (SSSR count). The fraction of sp³-hybridized carbons (Fsp3) is 1.00. The summed E-state index contributed by atoms with van der Waals surface area (Å²) in [7, 11) is 0. The smallest absolute Gasteiger partial charge is 0.0639 e. The van der Waals surface area contributed by atoms with Crippen molar-refractivity contribution >= 4 is 0 Å². The first-order valence-corrected chi connectivity index (χ1v) is 6.40. The summed E-state index contributed by atoms with van der Waals surface area (Å²) in [5.74, 6) is 0. The van der Waals surface area contributed by atoms with Gasteiger partial charge in [-0.2, -0.15) is 0 Å². The highest BCUT2D eigenvalue weighted by atomic mass is 16.3. The largest absolute Gasteiger partial charge is 0.392 e. The maximum absolute atomic E-state index is 9.35. The maximum Gasteiger partial charge on any atom is 0.0639 e. The highest BCUT2D eigenvalue weighted by molar-refractivity contribution is 4.85. The number of aliphatic hydroxyl groups is 1. The molecule has 2 atom stereocenters. The van der Waals surface area contributed by atoms with Crippen molar-refractivity contribution < 1.29 is 5.11 Å². The molecule has 2 saturated heterocycles. The first-order chi connectivity index (χ1) is 7.25. The summed E-state index contributed by atoms with van der Waals surface area (Å²) in [4.78, 5) is 5.06. The molecule has 0 aromatic carbocycles. The predicted octanol–water partition coefficient (Wildman–Crippen LogP) is 0.927. The number of aliphatic hydroxyl groups excluding tert-OH is 1. The summed E-state index contributed by atoms with van der Waals surface area (Å²) in [5.41, 5.74) is 0.